The second-order valence-corrected chi connectivity index (χ2v) is 6.55. The van der Waals surface area contributed by atoms with Crippen molar-refractivity contribution in [2.24, 2.45) is 11.7 Å². The van der Waals surface area contributed by atoms with Crippen LogP contribution in [0.2, 0.25) is 0 Å². The lowest BCUT2D eigenvalue weighted by Crippen LogP contribution is -2.45. The van der Waals surface area contributed by atoms with E-state index in [9.17, 15) is 14.7 Å². The fraction of sp³-hybridized carbons (Fsp3) is 0.857. The second-order valence-electron chi connectivity index (χ2n) is 6.55. The van der Waals surface area contributed by atoms with Gasteiger partial charge in [0.25, 0.3) is 0 Å². The molecule has 4 N–H and O–H groups in total. The molecule has 1 saturated carbocycles. The lowest BCUT2D eigenvalue weighted by atomic mass is 9.82. The Morgan fingerprint density at radius 3 is 2.30 bits per heavy atom. The summed E-state index contributed by atoms with van der Waals surface area (Å²) >= 11 is 0. The minimum atomic E-state index is -1.02. The van der Waals surface area contributed by atoms with Crippen LogP contribution in [0.1, 0.15) is 52.9 Å². The number of rotatable bonds is 4. The van der Waals surface area contributed by atoms with Gasteiger partial charge in [0.1, 0.15) is 11.6 Å². The number of amides is 1. The number of nitrogens with one attached hydrogen (secondary N) is 1. The van der Waals surface area contributed by atoms with Crippen LogP contribution in [0, 0.1) is 5.92 Å². The molecule has 1 rings (SSSR count). The molecule has 1 aliphatic carbocycles. The van der Waals surface area contributed by atoms with Crippen molar-refractivity contribution < 1.29 is 19.4 Å². The molecule has 0 aromatic carbocycles. The first-order chi connectivity index (χ1) is 9.17. The summed E-state index contributed by atoms with van der Waals surface area (Å²) in [4.78, 5) is 22.9. The Morgan fingerprint density at radius 2 is 1.85 bits per heavy atom. The van der Waals surface area contributed by atoms with E-state index in [2.05, 4.69) is 5.32 Å². The SMILES string of the molecule is CC(C)(C)OC(=O)NC(CC1CCC(N)CC1)C(=O)O. The third kappa shape index (κ3) is 6.23. The number of carboxylic acids is 1. The van der Waals surface area contributed by atoms with Gasteiger partial charge in [0.05, 0.1) is 0 Å². The van der Waals surface area contributed by atoms with Crippen LogP contribution < -0.4 is 11.1 Å². The molecule has 0 aromatic rings. The molecule has 6 nitrogen and oxygen atoms in total. The molecule has 20 heavy (non-hydrogen) atoms. The van der Waals surface area contributed by atoms with Crippen molar-refractivity contribution in [2.75, 3.05) is 0 Å². The van der Waals surface area contributed by atoms with Crippen LogP contribution in [0.4, 0.5) is 4.79 Å². The van der Waals surface area contributed by atoms with Crippen molar-refractivity contribution in [1.82, 2.24) is 5.32 Å². The van der Waals surface area contributed by atoms with Crippen molar-refractivity contribution in [3.63, 3.8) is 0 Å². The van der Waals surface area contributed by atoms with E-state index in [4.69, 9.17) is 10.5 Å². The average Bonchev–Trinajstić information content (AvgIpc) is 2.28. The molecule has 0 bridgehead atoms. The van der Waals surface area contributed by atoms with Gasteiger partial charge in [-0.2, -0.15) is 0 Å². The first kappa shape index (κ1) is 16.8. The topological polar surface area (TPSA) is 102 Å². The third-order valence-corrected chi connectivity index (χ3v) is 3.45. The van der Waals surface area contributed by atoms with E-state index in [1.807, 2.05) is 0 Å². The van der Waals surface area contributed by atoms with Gasteiger partial charge in [-0.3, -0.25) is 0 Å². The van der Waals surface area contributed by atoms with Gasteiger partial charge in [0.15, 0.2) is 0 Å². The van der Waals surface area contributed by atoms with Crippen LogP contribution in [0.5, 0.6) is 0 Å². The van der Waals surface area contributed by atoms with E-state index in [1.165, 1.54) is 0 Å². The first-order valence-corrected chi connectivity index (χ1v) is 7.15. The molecular formula is C14H26N2O4. The molecule has 0 aromatic heterocycles. The maximum atomic E-state index is 11.7. The Morgan fingerprint density at radius 1 is 1.30 bits per heavy atom. The van der Waals surface area contributed by atoms with E-state index < -0.39 is 23.7 Å². The smallest absolute Gasteiger partial charge is 0.408 e. The first-order valence-electron chi connectivity index (χ1n) is 7.15. The zero-order valence-electron chi connectivity index (χ0n) is 12.5. The molecule has 1 aliphatic rings. The van der Waals surface area contributed by atoms with Crippen molar-refractivity contribution in [1.29, 1.82) is 0 Å². The molecule has 1 unspecified atom stereocenters. The number of carboxylic acid groups (broad SMARTS) is 1. The number of hydrogen-bond acceptors (Lipinski definition) is 4. The van der Waals surface area contributed by atoms with Gasteiger partial charge in [-0.05, 0) is 58.8 Å². The lowest BCUT2D eigenvalue weighted by molar-refractivity contribution is -0.140. The standard InChI is InChI=1S/C14H26N2O4/c1-14(2,3)20-13(19)16-11(12(17)18)8-9-4-6-10(15)7-5-9/h9-11H,4-8,15H2,1-3H3,(H,16,19)(H,17,18). The van der Waals surface area contributed by atoms with E-state index in [0.29, 0.717) is 12.3 Å². The predicted molar refractivity (Wildman–Crippen MR) is 75.3 cm³/mol. The summed E-state index contributed by atoms with van der Waals surface area (Å²) in [6, 6.07) is -0.669. The molecule has 0 radical (unpaired) electrons. The van der Waals surface area contributed by atoms with E-state index in [-0.39, 0.29) is 6.04 Å². The van der Waals surface area contributed by atoms with Crippen LogP contribution in [-0.4, -0.2) is 34.9 Å². The summed E-state index contributed by atoms with van der Waals surface area (Å²) in [6.07, 6.45) is 3.42. The Hall–Kier alpha value is -1.30. The van der Waals surface area contributed by atoms with Gasteiger partial charge < -0.3 is 20.9 Å². The van der Waals surface area contributed by atoms with Gasteiger partial charge in [-0.15, -0.1) is 0 Å². The maximum Gasteiger partial charge on any atom is 0.408 e. The zero-order chi connectivity index (χ0) is 15.3. The Kier molecular flexibility index (Phi) is 5.80. The van der Waals surface area contributed by atoms with Gasteiger partial charge >= 0.3 is 12.1 Å². The highest BCUT2D eigenvalue weighted by atomic mass is 16.6. The fourth-order valence-electron chi connectivity index (χ4n) is 2.43. The quantitative estimate of drug-likeness (QED) is 0.732. The van der Waals surface area contributed by atoms with Gasteiger partial charge in [0.2, 0.25) is 0 Å². The van der Waals surface area contributed by atoms with Crippen molar-refractivity contribution in [2.45, 2.75) is 70.6 Å². The largest absolute Gasteiger partial charge is 0.480 e. The minimum Gasteiger partial charge on any atom is -0.480 e. The molecule has 0 heterocycles. The Labute approximate surface area is 120 Å². The Balaban J connectivity index is 2.48. The van der Waals surface area contributed by atoms with Crippen molar-refractivity contribution in [3.8, 4) is 0 Å². The van der Waals surface area contributed by atoms with Crippen LogP contribution in [0.25, 0.3) is 0 Å². The van der Waals surface area contributed by atoms with E-state index >= 15 is 0 Å². The highest BCUT2D eigenvalue weighted by molar-refractivity contribution is 5.80. The van der Waals surface area contributed by atoms with Crippen LogP contribution in [-0.2, 0) is 9.53 Å². The number of aliphatic carboxylic acids is 1. The summed E-state index contributed by atoms with van der Waals surface area (Å²) in [5.41, 5.74) is 5.20. The summed E-state index contributed by atoms with van der Waals surface area (Å²) < 4.78 is 5.09. The normalized spacial score (nSPS) is 24.8. The van der Waals surface area contributed by atoms with Crippen molar-refractivity contribution in [3.05, 3.63) is 0 Å². The second kappa shape index (κ2) is 6.92. The van der Waals surface area contributed by atoms with Crippen LogP contribution >= 0.6 is 0 Å². The van der Waals surface area contributed by atoms with Gasteiger partial charge in [0, 0.05) is 6.04 Å². The molecule has 0 aliphatic heterocycles. The number of carbonyl (C=O) groups excluding carboxylic acids is 1. The summed E-state index contributed by atoms with van der Waals surface area (Å²) in [5, 5.41) is 11.6. The molecule has 0 spiro atoms. The monoisotopic (exact) mass is 286 g/mol. The molecule has 1 atom stereocenters. The van der Waals surface area contributed by atoms with Crippen LogP contribution in [0.15, 0.2) is 0 Å². The third-order valence-electron chi connectivity index (χ3n) is 3.45. The predicted octanol–water partition coefficient (Wildman–Crippen LogP) is 1.87. The van der Waals surface area contributed by atoms with Crippen LogP contribution in [0.3, 0.4) is 0 Å². The number of alkyl carbamates (subject to hydrolysis) is 1. The molecule has 1 fully saturated rings. The minimum absolute atomic E-state index is 0.230. The lowest BCUT2D eigenvalue weighted by Gasteiger charge is -2.28. The Bertz CT molecular complexity index is 344. The van der Waals surface area contributed by atoms with Crippen molar-refractivity contribution >= 4 is 12.1 Å². The maximum absolute atomic E-state index is 11.7. The molecule has 6 heteroatoms. The summed E-state index contributed by atoms with van der Waals surface area (Å²) in [6.45, 7) is 5.22. The number of carbonyl (C=O) groups is 2. The highest BCUT2D eigenvalue weighted by Gasteiger charge is 2.28. The highest BCUT2D eigenvalue weighted by Crippen LogP contribution is 2.27. The number of hydrogen-bond donors (Lipinski definition) is 3. The number of nitrogens with two attached hydrogens (primary N) is 1. The van der Waals surface area contributed by atoms with E-state index in [0.717, 1.165) is 25.7 Å². The molecule has 1 amide bonds. The summed E-state index contributed by atoms with van der Waals surface area (Å²) in [7, 11) is 0. The summed E-state index contributed by atoms with van der Waals surface area (Å²) in [5.74, 6) is -0.725. The molecule has 116 valence electrons. The van der Waals surface area contributed by atoms with Gasteiger partial charge in [-0.25, -0.2) is 9.59 Å². The fourth-order valence-corrected chi connectivity index (χ4v) is 2.43. The average molecular weight is 286 g/mol. The molecule has 0 saturated heterocycles. The molecular weight excluding hydrogens is 260 g/mol. The number of ether oxygens (including phenoxy) is 1. The van der Waals surface area contributed by atoms with E-state index in [1.54, 1.807) is 20.8 Å². The van der Waals surface area contributed by atoms with Gasteiger partial charge in [-0.1, -0.05) is 0 Å². The zero-order valence-corrected chi connectivity index (χ0v) is 12.5.